The maximum absolute atomic E-state index is 11.6. The van der Waals surface area contributed by atoms with E-state index in [1.54, 1.807) is 27.7 Å². The number of aryl methyl sites for hydroxylation is 1. The number of alkyl carbamates (subject to hydrolysis) is 1. The van der Waals surface area contributed by atoms with Crippen molar-refractivity contribution >= 4 is 29.1 Å². The average Bonchev–Trinajstić information content (AvgIpc) is 2.38. The zero-order chi connectivity index (χ0) is 17.8. The molecule has 0 bridgehead atoms. The van der Waals surface area contributed by atoms with Gasteiger partial charge in [0.15, 0.2) is 0 Å². The monoisotopic (exact) mass is 343 g/mol. The first-order chi connectivity index (χ1) is 10.5. The highest BCUT2D eigenvalue weighted by atomic mass is 35.5. The Kier molecular flexibility index (Phi) is 6.20. The van der Waals surface area contributed by atoms with E-state index in [-0.39, 0.29) is 16.8 Å². The molecular formula is C15H22ClN3O4. The lowest BCUT2D eigenvalue weighted by molar-refractivity contribution is -0.384. The number of amides is 1. The fourth-order valence-corrected chi connectivity index (χ4v) is 2.06. The fraction of sp³-hybridized carbons (Fsp3) is 0.533. The minimum absolute atomic E-state index is 0.0652. The summed E-state index contributed by atoms with van der Waals surface area (Å²) in [5.74, 6) is 0. The van der Waals surface area contributed by atoms with Crippen LogP contribution in [-0.4, -0.2) is 29.2 Å². The number of ether oxygens (including phenoxy) is 1. The summed E-state index contributed by atoms with van der Waals surface area (Å²) in [6, 6.07) is 2.82. The maximum atomic E-state index is 11.6. The highest BCUT2D eigenvalue weighted by molar-refractivity contribution is 6.33. The topological polar surface area (TPSA) is 93.5 Å². The van der Waals surface area contributed by atoms with Crippen molar-refractivity contribution in [2.45, 2.75) is 46.3 Å². The number of nitro groups is 1. The molecule has 1 aromatic rings. The van der Waals surface area contributed by atoms with Crippen LogP contribution in [-0.2, 0) is 4.74 Å². The number of hydrogen-bond donors (Lipinski definition) is 2. The Balaban J connectivity index is 2.64. The second kappa shape index (κ2) is 7.50. The van der Waals surface area contributed by atoms with E-state index in [9.17, 15) is 14.9 Å². The van der Waals surface area contributed by atoms with E-state index in [4.69, 9.17) is 16.3 Å². The van der Waals surface area contributed by atoms with Gasteiger partial charge in [0.25, 0.3) is 5.69 Å². The number of rotatable bonds is 5. The molecular weight excluding hydrogens is 322 g/mol. The van der Waals surface area contributed by atoms with Crippen LogP contribution in [0.5, 0.6) is 0 Å². The van der Waals surface area contributed by atoms with Gasteiger partial charge in [-0.25, -0.2) is 4.79 Å². The van der Waals surface area contributed by atoms with Crippen LogP contribution in [0.2, 0.25) is 5.02 Å². The van der Waals surface area contributed by atoms with Gasteiger partial charge in [0.2, 0.25) is 0 Å². The number of anilines is 1. The van der Waals surface area contributed by atoms with Gasteiger partial charge in [0.1, 0.15) is 10.6 Å². The molecule has 1 aromatic carbocycles. The Morgan fingerprint density at radius 2 is 2.04 bits per heavy atom. The second-order valence-electron chi connectivity index (χ2n) is 6.30. The van der Waals surface area contributed by atoms with Crippen molar-refractivity contribution in [3.63, 3.8) is 0 Å². The lowest BCUT2D eigenvalue weighted by Crippen LogP contribution is -2.38. The molecule has 23 heavy (non-hydrogen) atoms. The Morgan fingerprint density at radius 1 is 1.43 bits per heavy atom. The summed E-state index contributed by atoms with van der Waals surface area (Å²) in [4.78, 5) is 21.9. The Morgan fingerprint density at radius 3 is 2.57 bits per heavy atom. The van der Waals surface area contributed by atoms with Crippen LogP contribution in [0, 0.1) is 17.0 Å². The first-order valence-electron chi connectivity index (χ1n) is 7.17. The molecule has 128 valence electrons. The Bertz CT molecular complexity index is 599. The van der Waals surface area contributed by atoms with E-state index in [0.717, 1.165) is 0 Å². The van der Waals surface area contributed by atoms with E-state index >= 15 is 0 Å². The predicted octanol–water partition coefficient (Wildman–Crippen LogP) is 3.88. The summed E-state index contributed by atoms with van der Waals surface area (Å²) >= 11 is 5.91. The van der Waals surface area contributed by atoms with E-state index in [1.807, 2.05) is 6.92 Å². The van der Waals surface area contributed by atoms with Gasteiger partial charge in [0.05, 0.1) is 4.92 Å². The van der Waals surface area contributed by atoms with Gasteiger partial charge in [-0.2, -0.15) is 0 Å². The van der Waals surface area contributed by atoms with Crippen LogP contribution >= 0.6 is 11.6 Å². The third-order valence-corrected chi connectivity index (χ3v) is 3.15. The summed E-state index contributed by atoms with van der Waals surface area (Å²) in [5, 5.41) is 16.7. The molecule has 1 unspecified atom stereocenters. The number of nitro benzene ring substituents is 1. The largest absolute Gasteiger partial charge is 0.444 e. The molecule has 0 spiro atoms. The minimum atomic E-state index is -0.552. The van der Waals surface area contributed by atoms with Crippen molar-refractivity contribution in [2.24, 2.45) is 0 Å². The molecule has 7 nitrogen and oxygen atoms in total. The number of hydrogen-bond acceptors (Lipinski definition) is 5. The van der Waals surface area contributed by atoms with Crippen molar-refractivity contribution < 1.29 is 14.5 Å². The molecule has 0 fully saturated rings. The van der Waals surface area contributed by atoms with E-state index in [1.165, 1.54) is 12.1 Å². The zero-order valence-electron chi connectivity index (χ0n) is 13.9. The smallest absolute Gasteiger partial charge is 0.407 e. The van der Waals surface area contributed by atoms with E-state index in [2.05, 4.69) is 10.6 Å². The second-order valence-corrected chi connectivity index (χ2v) is 6.71. The number of halogens is 1. The first-order valence-corrected chi connectivity index (χ1v) is 7.55. The van der Waals surface area contributed by atoms with Crippen LogP contribution in [0.3, 0.4) is 0 Å². The minimum Gasteiger partial charge on any atom is -0.444 e. The zero-order valence-corrected chi connectivity index (χ0v) is 14.7. The van der Waals surface area contributed by atoms with Gasteiger partial charge in [0, 0.05) is 24.3 Å². The normalized spacial score (nSPS) is 12.4. The molecule has 8 heteroatoms. The Labute approximate surface area is 140 Å². The van der Waals surface area contributed by atoms with Crippen LogP contribution < -0.4 is 10.6 Å². The summed E-state index contributed by atoms with van der Waals surface area (Å²) in [5.41, 5.74) is 0.696. The quantitative estimate of drug-likeness (QED) is 0.625. The van der Waals surface area contributed by atoms with Crippen molar-refractivity contribution in [1.82, 2.24) is 5.32 Å². The molecule has 0 aliphatic rings. The first kappa shape index (κ1) is 19.0. The molecule has 1 amide bonds. The number of nitrogens with one attached hydrogen (secondary N) is 2. The summed E-state index contributed by atoms with van der Waals surface area (Å²) in [6.07, 6.45) is -0.496. The van der Waals surface area contributed by atoms with Gasteiger partial charge < -0.3 is 15.4 Å². The van der Waals surface area contributed by atoms with E-state index < -0.39 is 16.6 Å². The lowest BCUT2D eigenvalue weighted by Gasteiger charge is -2.22. The number of carbonyl (C=O) groups excluding carboxylic acids is 1. The summed E-state index contributed by atoms with van der Waals surface area (Å²) < 4.78 is 5.15. The highest BCUT2D eigenvalue weighted by Gasteiger charge is 2.18. The molecule has 2 N–H and O–H groups in total. The third kappa shape index (κ3) is 6.32. The number of benzene rings is 1. The lowest BCUT2D eigenvalue weighted by atomic mass is 10.1. The molecule has 0 saturated carbocycles. The standard InChI is InChI=1S/C15H22ClN3O4/c1-9-6-13(19(21)22)11(16)7-12(9)18-10(2)8-17-14(20)23-15(3,4)5/h6-7,10,18H,8H2,1-5H3,(H,17,20). The van der Waals surface area contributed by atoms with Crippen molar-refractivity contribution in [2.75, 3.05) is 11.9 Å². The summed E-state index contributed by atoms with van der Waals surface area (Å²) in [7, 11) is 0. The molecule has 1 rings (SSSR count). The SMILES string of the molecule is Cc1cc([N+](=O)[O-])c(Cl)cc1NC(C)CNC(=O)OC(C)(C)C. The summed E-state index contributed by atoms with van der Waals surface area (Å²) in [6.45, 7) is 9.32. The molecule has 0 radical (unpaired) electrons. The molecule has 0 aliphatic heterocycles. The number of carbonyl (C=O) groups is 1. The molecule has 1 atom stereocenters. The molecule has 0 heterocycles. The van der Waals surface area contributed by atoms with Gasteiger partial charge in [-0.15, -0.1) is 0 Å². The van der Waals surface area contributed by atoms with Crippen molar-refractivity contribution in [3.8, 4) is 0 Å². The van der Waals surface area contributed by atoms with Crippen LogP contribution in [0.1, 0.15) is 33.3 Å². The molecule has 0 aromatic heterocycles. The third-order valence-electron chi connectivity index (χ3n) is 2.84. The molecule has 0 saturated heterocycles. The molecule has 0 aliphatic carbocycles. The van der Waals surface area contributed by atoms with Crippen LogP contribution in [0.4, 0.5) is 16.2 Å². The van der Waals surface area contributed by atoms with Gasteiger partial charge in [-0.3, -0.25) is 10.1 Å². The van der Waals surface area contributed by atoms with E-state index in [0.29, 0.717) is 17.8 Å². The maximum Gasteiger partial charge on any atom is 0.407 e. The van der Waals surface area contributed by atoms with Crippen LogP contribution in [0.15, 0.2) is 12.1 Å². The van der Waals surface area contributed by atoms with Gasteiger partial charge in [-0.05, 0) is 46.2 Å². The van der Waals surface area contributed by atoms with Gasteiger partial charge >= 0.3 is 6.09 Å². The number of nitrogens with zero attached hydrogens (tertiary/aromatic N) is 1. The van der Waals surface area contributed by atoms with Crippen molar-refractivity contribution in [1.29, 1.82) is 0 Å². The Hall–Kier alpha value is -2.02. The van der Waals surface area contributed by atoms with Crippen molar-refractivity contribution in [3.05, 3.63) is 32.8 Å². The van der Waals surface area contributed by atoms with Gasteiger partial charge in [-0.1, -0.05) is 11.6 Å². The fourth-order valence-electron chi connectivity index (χ4n) is 1.83. The highest BCUT2D eigenvalue weighted by Crippen LogP contribution is 2.30. The predicted molar refractivity (Wildman–Crippen MR) is 90.2 cm³/mol. The average molecular weight is 344 g/mol. The van der Waals surface area contributed by atoms with Crippen LogP contribution in [0.25, 0.3) is 0 Å².